The van der Waals surface area contributed by atoms with E-state index in [1.807, 2.05) is 6.92 Å². The number of hydrogen-bond donors (Lipinski definition) is 1. The number of methoxy groups -OCH3 is 1. The summed E-state index contributed by atoms with van der Waals surface area (Å²) in [4.78, 5) is 39.1. The molecule has 0 saturated heterocycles. The molecule has 182 valence electrons. The molecule has 1 N–H and O–H groups in total. The van der Waals surface area contributed by atoms with Crippen molar-refractivity contribution in [1.82, 2.24) is 5.32 Å². The van der Waals surface area contributed by atoms with Gasteiger partial charge in [0.25, 0.3) is 11.8 Å². The van der Waals surface area contributed by atoms with Gasteiger partial charge >= 0.3 is 0 Å². The van der Waals surface area contributed by atoms with Gasteiger partial charge in [-0.2, -0.15) is 0 Å². The molecule has 2 heterocycles. The highest BCUT2D eigenvalue weighted by molar-refractivity contribution is 6.02. The Morgan fingerprint density at radius 2 is 1.91 bits per heavy atom. The third-order valence-electron chi connectivity index (χ3n) is 5.37. The summed E-state index contributed by atoms with van der Waals surface area (Å²) >= 11 is 0. The number of amides is 2. The number of ketones is 1. The lowest BCUT2D eigenvalue weighted by molar-refractivity contribution is -0.121. The van der Waals surface area contributed by atoms with E-state index in [-0.39, 0.29) is 43.1 Å². The minimum Gasteiger partial charge on any atom is -0.497 e. The maximum atomic E-state index is 12.8. The van der Waals surface area contributed by atoms with E-state index in [2.05, 4.69) is 5.32 Å². The summed E-state index contributed by atoms with van der Waals surface area (Å²) in [5.74, 6) is 1.35. The lowest BCUT2D eigenvalue weighted by atomic mass is 10.1. The number of furan rings is 1. The van der Waals surface area contributed by atoms with Crippen LogP contribution in [0.15, 0.2) is 59.0 Å². The van der Waals surface area contributed by atoms with Gasteiger partial charge in [0.1, 0.15) is 23.0 Å². The second-order valence-corrected chi connectivity index (χ2v) is 7.86. The first kappa shape index (κ1) is 23.9. The first-order valence-electron chi connectivity index (χ1n) is 11.2. The van der Waals surface area contributed by atoms with Gasteiger partial charge in [-0.3, -0.25) is 19.3 Å². The molecule has 35 heavy (non-hydrogen) atoms. The van der Waals surface area contributed by atoms with E-state index in [1.54, 1.807) is 61.7 Å². The van der Waals surface area contributed by atoms with Crippen LogP contribution >= 0.6 is 0 Å². The summed E-state index contributed by atoms with van der Waals surface area (Å²) in [5.41, 5.74) is 0.816. The second kappa shape index (κ2) is 10.8. The van der Waals surface area contributed by atoms with Crippen LogP contribution in [0.2, 0.25) is 0 Å². The predicted molar refractivity (Wildman–Crippen MR) is 127 cm³/mol. The number of rotatable bonds is 10. The van der Waals surface area contributed by atoms with Crippen molar-refractivity contribution in [2.75, 3.05) is 31.8 Å². The van der Waals surface area contributed by atoms with E-state index in [4.69, 9.17) is 18.6 Å². The number of ether oxygens (including phenoxy) is 3. The summed E-state index contributed by atoms with van der Waals surface area (Å²) in [5, 5.41) is 2.75. The molecule has 1 aromatic heterocycles. The van der Waals surface area contributed by atoms with Crippen molar-refractivity contribution >= 4 is 23.3 Å². The molecule has 1 aliphatic rings. The molecule has 0 fully saturated rings. The topological polar surface area (TPSA) is 107 Å². The summed E-state index contributed by atoms with van der Waals surface area (Å²) in [6.45, 7) is 2.27. The Morgan fingerprint density at radius 1 is 1.09 bits per heavy atom. The Hall–Kier alpha value is -4.27. The number of Topliss-reactive ketones (excluding diaryl/α,β-unsaturated/α-hetero) is 1. The highest BCUT2D eigenvalue weighted by Crippen LogP contribution is 2.34. The van der Waals surface area contributed by atoms with Crippen molar-refractivity contribution in [1.29, 1.82) is 0 Å². The van der Waals surface area contributed by atoms with E-state index in [0.29, 0.717) is 40.8 Å². The van der Waals surface area contributed by atoms with Crippen molar-refractivity contribution in [2.24, 2.45) is 0 Å². The maximum Gasteiger partial charge on any atom is 0.286 e. The highest BCUT2D eigenvalue weighted by Gasteiger charge is 2.28. The number of carbonyl (C=O) groups excluding carboxylic acids is 3. The van der Waals surface area contributed by atoms with Crippen molar-refractivity contribution in [3.05, 3.63) is 71.7 Å². The Morgan fingerprint density at radius 3 is 2.71 bits per heavy atom. The molecule has 0 radical (unpaired) electrons. The normalized spacial score (nSPS) is 12.5. The van der Waals surface area contributed by atoms with Crippen LogP contribution in [0.4, 0.5) is 5.69 Å². The molecule has 1 aliphatic heterocycles. The molecule has 9 nitrogen and oxygen atoms in total. The SMILES string of the molecule is CCCNC(=O)c1ccc(CN2C(=O)COc3ccc(C(=O)COc4cccc(OC)c4)cc32)o1. The fraction of sp³-hybridized carbons (Fsp3) is 0.269. The number of fused-ring (bicyclic) bond motifs is 1. The fourth-order valence-corrected chi connectivity index (χ4v) is 3.54. The van der Waals surface area contributed by atoms with Crippen molar-refractivity contribution in [3.8, 4) is 17.2 Å². The lowest BCUT2D eigenvalue weighted by Gasteiger charge is -2.29. The van der Waals surface area contributed by atoms with Crippen LogP contribution in [0.3, 0.4) is 0 Å². The van der Waals surface area contributed by atoms with Crippen molar-refractivity contribution in [2.45, 2.75) is 19.9 Å². The van der Waals surface area contributed by atoms with E-state index in [9.17, 15) is 14.4 Å². The Balaban J connectivity index is 1.48. The minimum atomic E-state index is -0.310. The molecule has 4 rings (SSSR count). The van der Waals surface area contributed by atoms with Gasteiger partial charge in [-0.1, -0.05) is 13.0 Å². The van der Waals surface area contributed by atoms with E-state index >= 15 is 0 Å². The summed E-state index contributed by atoms with van der Waals surface area (Å²) in [7, 11) is 1.55. The zero-order chi connectivity index (χ0) is 24.8. The number of nitrogens with zero attached hydrogens (tertiary/aromatic N) is 1. The molecule has 2 amide bonds. The average Bonchev–Trinajstić information content (AvgIpc) is 3.36. The molecule has 0 bridgehead atoms. The summed E-state index contributed by atoms with van der Waals surface area (Å²) < 4.78 is 22.0. The number of hydrogen-bond acceptors (Lipinski definition) is 7. The lowest BCUT2D eigenvalue weighted by Crippen LogP contribution is -2.38. The van der Waals surface area contributed by atoms with Crippen LogP contribution in [0.1, 0.15) is 40.0 Å². The minimum absolute atomic E-state index is 0.0915. The largest absolute Gasteiger partial charge is 0.497 e. The average molecular weight is 479 g/mol. The van der Waals surface area contributed by atoms with Gasteiger partial charge < -0.3 is 23.9 Å². The van der Waals surface area contributed by atoms with Gasteiger partial charge in [0.15, 0.2) is 24.8 Å². The van der Waals surface area contributed by atoms with Gasteiger partial charge in [-0.05, 0) is 48.9 Å². The Bertz CT molecular complexity index is 1230. The van der Waals surface area contributed by atoms with Gasteiger partial charge in [-0.25, -0.2) is 0 Å². The quantitative estimate of drug-likeness (QED) is 0.444. The van der Waals surface area contributed by atoms with E-state index < -0.39 is 0 Å². The third kappa shape index (κ3) is 5.63. The van der Waals surface area contributed by atoms with Crippen LogP contribution in [0.25, 0.3) is 0 Å². The molecule has 0 atom stereocenters. The van der Waals surface area contributed by atoms with Gasteiger partial charge in [0.05, 0.1) is 19.3 Å². The first-order chi connectivity index (χ1) is 17.0. The molecule has 2 aromatic carbocycles. The molecule has 3 aromatic rings. The predicted octanol–water partition coefficient (Wildman–Crippen LogP) is 3.62. The zero-order valence-electron chi connectivity index (χ0n) is 19.5. The molecule has 0 spiro atoms. The van der Waals surface area contributed by atoms with Crippen LogP contribution in [-0.2, 0) is 11.3 Å². The van der Waals surface area contributed by atoms with Crippen molar-refractivity contribution < 1.29 is 33.0 Å². The summed E-state index contributed by atoms with van der Waals surface area (Å²) in [6, 6.07) is 15.1. The van der Waals surface area contributed by atoms with Crippen LogP contribution in [0, 0.1) is 0 Å². The van der Waals surface area contributed by atoms with Gasteiger partial charge in [0.2, 0.25) is 0 Å². The van der Waals surface area contributed by atoms with Crippen LogP contribution < -0.4 is 24.4 Å². The fourth-order valence-electron chi connectivity index (χ4n) is 3.54. The standard InChI is InChI=1S/C26H26N2O7/c1-3-11-27-26(31)24-10-8-20(35-24)14-28-21-12-17(7-9-23(21)34-16-25(28)30)22(29)15-33-19-6-4-5-18(13-19)32-2/h4-10,12-13H,3,11,14-16H2,1-2H3,(H,27,31). The highest BCUT2D eigenvalue weighted by atomic mass is 16.5. The number of benzene rings is 2. The molecule has 0 unspecified atom stereocenters. The zero-order valence-corrected chi connectivity index (χ0v) is 19.5. The molecular weight excluding hydrogens is 452 g/mol. The monoisotopic (exact) mass is 478 g/mol. The second-order valence-electron chi connectivity index (χ2n) is 7.86. The van der Waals surface area contributed by atoms with Gasteiger partial charge in [-0.15, -0.1) is 0 Å². The maximum absolute atomic E-state index is 12.8. The third-order valence-corrected chi connectivity index (χ3v) is 5.37. The van der Waals surface area contributed by atoms with Crippen LogP contribution in [0.5, 0.6) is 17.2 Å². The van der Waals surface area contributed by atoms with Crippen LogP contribution in [-0.4, -0.2) is 44.5 Å². The summed E-state index contributed by atoms with van der Waals surface area (Å²) in [6.07, 6.45) is 0.810. The molecular formula is C26H26N2O7. The Labute approximate surface area is 202 Å². The Kier molecular flexibility index (Phi) is 7.35. The molecule has 9 heteroatoms. The van der Waals surface area contributed by atoms with Crippen molar-refractivity contribution in [3.63, 3.8) is 0 Å². The van der Waals surface area contributed by atoms with E-state index in [0.717, 1.165) is 6.42 Å². The van der Waals surface area contributed by atoms with E-state index in [1.165, 1.54) is 4.90 Å². The molecule has 0 aliphatic carbocycles. The number of anilines is 1. The smallest absolute Gasteiger partial charge is 0.286 e. The number of carbonyl (C=O) groups is 3. The first-order valence-corrected chi connectivity index (χ1v) is 11.2. The number of nitrogens with one attached hydrogen (secondary N) is 1. The molecule has 0 saturated carbocycles. The van der Waals surface area contributed by atoms with Gasteiger partial charge in [0, 0.05) is 18.2 Å².